The molecule has 1 amide bonds. The summed E-state index contributed by atoms with van der Waals surface area (Å²) in [6.07, 6.45) is 0. The lowest BCUT2D eigenvalue weighted by molar-refractivity contribution is -0.128. The number of aliphatic hydroxyl groups is 1. The molecular formula is C21H19Cl2NO4. The molecule has 0 spiro atoms. The van der Waals surface area contributed by atoms with Crippen molar-refractivity contribution < 1.29 is 19.1 Å². The van der Waals surface area contributed by atoms with Gasteiger partial charge in [0, 0.05) is 10.6 Å². The van der Waals surface area contributed by atoms with Crippen molar-refractivity contribution in [3.8, 4) is 17.1 Å². The van der Waals surface area contributed by atoms with E-state index in [4.69, 9.17) is 37.5 Å². The van der Waals surface area contributed by atoms with Crippen molar-refractivity contribution in [2.24, 2.45) is 0 Å². The van der Waals surface area contributed by atoms with Gasteiger partial charge in [0.1, 0.15) is 23.9 Å². The number of hydrogen-bond acceptors (Lipinski definition) is 4. The van der Waals surface area contributed by atoms with Crippen LogP contribution in [0, 0.1) is 0 Å². The molecule has 0 unspecified atom stereocenters. The minimum absolute atomic E-state index is 0.187. The van der Waals surface area contributed by atoms with Crippen LogP contribution in [-0.2, 0) is 11.4 Å². The van der Waals surface area contributed by atoms with Gasteiger partial charge in [-0.25, -0.2) is 0 Å². The number of nitrogens with one attached hydrogen (secondary N) is 1. The summed E-state index contributed by atoms with van der Waals surface area (Å²) in [6, 6.07) is 15.3. The quantitative estimate of drug-likeness (QED) is 0.549. The number of carbonyl (C=O) groups excluding carboxylic acids is 1. The highest BCUT2D eigenvalue weighted by molar-refractivity contribution is 6.34. The van der Waals surface area contributed by atoms with Crippen molar-refractivity contribution in [3.05, 3.63) is 70.4 Å². The normalized spacial score (nSPS) is 11.3. The largest absolute Gasteiger partial charge is 0.478 e. The molecule has 2 aromatic carbocycles. The van der Waals surface area contributed by atoms with Crippen LogP contribution in [0.2, 0.25) is 10.0 Å². The van der Waals surface area contributed by atoms with Crippen LogP contribution in [0.4, 0.5) is 5.69 Å². The van der Waals surface area contributed by atoms with Crippen molar-refractivity contribution in [3.63, 3.8) is 0 Å². The number of ether oxygens (including phenoxy) is 1. The molecule has 146 valence electrons. The van der Waals surface area contributed by atoms with E-state index < -0.39 is 5.60 Å². The van der Waals surface area contributed by atoms with E-state index in [0.29, 0.717) is 33.0 Å². The Morgan fingerprint density at radius 3 is 2.46 bits per heavy atom. The van der Waals surface area contributed by atoms with Crippen molar-refractivity contribution in [2.45, 2.75) is 26.1 Å². The number of halogens is 2. The van der Waals surface area contributed by atoms with Gasteiger partial charge in [0.25, 0.3) is 5.91 Å². The van der Waals surface area contributed by atoms with Crippen molar-refractivity contribution in [2.75, 3.05) is 5.32 Å². The molecule has 3 aromatic rings. The lowest BCUT2D eigenvalue weighted by Crippen LogP contribution is -2.42. The number of benzene rings is 2. The average molecular weight is 420 g/mol. The Morgan fingerprint density at radius 1 is 1.11 bits per heavy atom. The summed E-state index contributed by atoms with van der Waals surface area (Å²) in [5.41, 5.74) is -0.00300. The van der Waals surface area contributed by atoms with E-state index in [9.17, 15) is 4.79 Å². The standard InChI is InChI=1S/C21H19Cl2NO4/c1-21(2,28-15-6-4-14(22)5-7-15)20(26)24-18-11-13(3-9-17(18)23)19-10-8-16(12-25)27-19/h3-11,25H,12H2,1-2H3,(H,24,26). The van der Waals surface area contributed by atoms with Crippen LogP contribution in [0.1, 0.15) is 19.6 Å². The molecule has 0 bridgehead atoms. The minimum atomic E-state index is -1.15. The van der Waals surface area contributed by atoms with Gasteiger partial charge in [-0.05, 0) is 68.4 Å². The molecule has 1 heterocycles. The Balaban J connectivity index is 1.78. The maximum Gasteiger partial charge on any atom is 0.268 e. The van der Waals surface area contributed by atoms with E-state index in [1.165, 1.54) is 0 Å². The lowest BCUT2D eigenvalue weighted by Gasteiger charge is -2.25. The topological polar surface area (TPSA) is 71.7 Å². The Hall–Kier alpha value is -2.47. The molecule has 2 N–H and O–H groups in total. The third-order valence-corrected chi connectivity index (χ3v) is 4.63. The van der Waals surface area contributed by atoms with E-state index in [1.807, 2.05) is 0 Å². The number of amides is 1. The predicted octanol–water partition coefficient (Wildman–Crippen LogP) is 5.54. The molecule has 0 saturated heterocycles. The molecule has 0 atom stereocenters. The molecule has 7 heteroatoms. The fourth-order valence-electron chi connectivity index (χ4n) is 2.51. The predicted molar refractivity (Wildman–Crippen MR) is 110 cm³/mol. The number of anilines is 1. The van der Waals surface area contributed by atoms with E-state index in [1.54, 1.807) is 68.4 Å². The summed E-state index contributed by atoms with van der Waals surface area (Å²) in [7, 11) is 0. The van der Waals surface area contributed by atoms with Gasteiger partial charge in [0.2, 0.25) is 0 Å². The second kappa shape index (κ2) is 8.27. The van der Waals surface area contributed by atoms with Crippen LogP contribution in [0.25, 0.3) is 11.3 Å². The third kappa shape index (κ3) is 4.68. The lowest BCUT2D eigenvalue weighted by atomic mass is 10.1. The number of hydrogen-bond donors (Lipinski definition) is 2. The molecule has 0 radical (unpaired) electrons. The molecule has 0 fully saturated rings. The van der Waals surface area contributed by atoms with Gasteiger partial charge in [-0.2, -0.15) is 0 Å². The SMILES string of the molecule is CC(C)(Oc1ccc(Cl)cc1)C(=O)Nc1cc(-c2ccc(CO)o2)ccc1Cl. The Bertz CT molecular complexity index is 980. The van der Waals surface area contributed by atoms with E-state index >= 15 is 0 Å². The van der Waals surface area contributed by atoms with Crippen molar-refractivity contribution in [1.82, 2.24) is 0 Å². The highest BCUT2D eigenvalue weighted by atomic mass is 35.5. The first kappa shape index (κ1) is 20.3. The Labute approximate surface area is 172 Å². The Morgan fingerprint density at radius 2 is 1.82 bits per heavy atom. The van der Waals surface area contributed by atoms with E-state index in [0.717, 1.165) is 5.56 Å². The molecule has 0 saturated carbocycles. The molecule has 0 aliphatic carbocycles. The number of furan rings is 1. The number of carbonyl (C=O) groups is 1. The van der Waals surface area contributed by atoms with Gasteiger partial charge in [0.05, 0.1) is 10.7 Å². The van der Waals surface area contributed by atoms with Gasteiger partial charge in [-0.3, -0.25) is 4.79 Å². The molecule has 28 heavy (non-hydrogen) atoms. The zero-order chi connectivity index (χ0) is 20.3. The highest BCUT2D eigenvalue weighted by Crippen LogP contribution is 2.31. The van der Waals surface area contributed by atoms with Crippen molar-refractivity contribution in [1.29, 1.82) is 0 Å². The molecular weight excluding hydrogens is 401 g/mol. The van der Waals surface area contributed by atoms with Gasteiger partial charge in [-0.1, -0.05) is 23.2 Å². The first-order chi connectivity index (χ1) is 13.3. The zero-order valence-electron chi connectivity index (χ0n) is 15.3. The summed E-state index contributed by atoms with van der Waals surface area (Å²) < 4.78 is 11.3. The maximum absolute atomic E-state index is 12.8. The minimum Gasteiger partial charge on any atom is -0.478 e. The summed E-state index contributed by atoms with van der Waals surface area (Å²) in [6.45, 7) is 3.14. The van der Waals surface area contributed by atoms with Crippen LogP contribution >= 0.6 is 23.2 Å². The maximum atomic E-state index is 12.8. The van der Waals surface area contributed by atoms with E-state index in [-0.39, 0.29) is 12.5 Å². The van der Waals surface area contributed by atoms with Crippen LogP contribution in [0.15, 0.2) is 59.0 Å². The average Bonchev–Trinajstić information content (AvgIpc) is 3.14. The molecule has 0 aliphatic heterocycles. The molecule has 0 aliphatic rings. The van der Waals surface area contributed by atoms with Crippen molar-refractivity contribution >= 4 is 34.8 Å². The second-order valence-electron chi connectivity index (χ2n) is 6.64. The summed E-state index contributed by atoms with van der Waals surface area (Å²) in [5, 5.41) is 12.9. The summed E-state index contributed by atoms with van der Waals surface area (Å²) in [5.74, 6) is 1.18. The smallest absolute Gasteiger partial charge is 0.268 e. The molecule has 1 aromatic heterocycles. The number of aliphatic hydroxyl groups excluding tert-OH is 1. The monoisotopic (exact) mass is 419 g/mol. The van der Waals surface area contributed by atoms with Crippen LogP contribution < -0.4 is 10.1 Å². The van der Waals surface area contributed by atoms with Gasteiger partial charge in [0.15, 0.2) is 5.60 Å². The first-order valence-electron chi connectivity index (χ1n) is 8.54. The molecule has 5 nitrogen and oxygen atoms in total. The Kier molecular flexibility index (Phi) is 5.98. The van der Waals surface area contributed by atoms with Gasteiger partial charge < -0.3 is 19.6 Å². The fraction of sp³-hybridized carbons (Fsp3) is 0.190. The van der Waals surface area contributed by atoms with Gasteiger partial charge in [-0.15, -0.1) is 0 Å². The zero-order valence-corrected chi connectivity index (χ0v) is 16.8. The second-order valence-corrected chi connectivity index (χ2v) is 7.48. The highest BCUT2D eigenvalue weighted by Gasteiger charge is 2.30. The first-order valence-corrected chi connectivity index (χ1v) is 9.29. The summed E-state index contributed by atoms with van der Waals surface area (Å²) in [4.78, 5) is 12.8. The summed E-state index contributed by atoms with van der Waals surface area (Å²) >= 11 is 12.1. The third-order valence-electron chi connectivity index (χ3n) is 4.05. The van der Waals surface area contributed by atoms with Crippen LogP contribution in [0.3, 0.4) is 0 Å². The van der Waals surface area contributed by atoms with Crippen LogP contribution in [0.5, 0.6) is 5.75 Å². The number of rotatable bonds is 6. The fourth-order valence-corrected chi connectivity index (χ4v) is 2.80. The molecule has 3 rings (SSSR count). The van der Waals surface area contributed by atoms with Crippen LogP contribution in [-0.4, -0.2) is 16.6 Å². The van der Waals surface area contributed by atoms with E-state index in [2.05, 4.69) is 5.32 Å². The van der Waals surface area contributed by atoms with Gasteiger partial charge >= 0.3 is 0 Å².